The van der Waals surface area contributed by atoms with Crippen molar-refractivity contribution in [2.45, 2.75) is 27.3 Å². The highest BCUT2D eigenvalue weighted by molar-refractivity contribution is 5.36. The molecular formula is C16H28N2O. The van der Waals surface area contributed by atoms with E-state index in [2.05, 4.69) is 56.2 Å². The zero-order chi connectivity index (χ0) is 14.3. The van der Waals surface area contributed by atoms with Crippen LogP contribution in [-0.4, -0.2) is 38.7 Å². The predicted octanol–water partition coefficient (Wildman–Crippen LogP) is 2.68. The molecular weight excluding hydrogens is 236 g/mol. The van der Waals surface area contributed by atoms with Gasteiger partial charge in [0, 0.05) is 19.6 Å². The summed E-state index contributed by atoms with van der Waals surface area (Å²) >= 11 is 0. The Kier molecular flexibility index (Phi) is 6.89. The number of hydrogen-bond donors (Lipinski definition) is 1. The Morgan fingerprint density at radius 3 is 2.68 bits per heavy atom. The Bertz CT molecular complexity index is 377. The molecule has 0 radical (unpaired) electrons. The van der Waals surface area contributed by atoms with Crippen molar-refractivity contribution in [3.8, 4) is 5.75 Å². The van der Waals surface area contributed by atoms with E-state index in [9.17, 15) is 0 Å². The van der Waals surface area contributed by atoms with Gasteiger partial charge in [0.15, 0.2) is 0 Å². The molecule has 3 heteroatoms. The lowest BCUT2D eigenvalue weighted by atomic mass is 10.1. The van der Waals surface area contributed by atoms with Gasteiger partial charge in [0.05, 0.1) is 7.11 Å². The number of methoxy groups -OCH3 is 1. The van der Waals surface area contributed by atoms with E-state index in [-0.39, 0.29) is 0 Å². The van der Waals surface area contributed by atoms with E-state index in [0.29, 0.717) is 5.92 Å². The highest BCUT2D eigenvalue weighted by Gasteiger charge is 2.04. The fourth-order valence-corrected chi connectivity index (χ4v) is 2.01. The molecule has 0 aliphatic rings. The summed E-state index contributed by atoms with van der Waals surface area (Å²) in [5.74, 6) is 1.69. The van der Waals surface area contributed by atoms with Crippen LogP contribution < -0.4 is 10.1 Å². The minimum atomic E-state index is 0.715. The third kappa shape index (κ3) is 6.08. The Morgan fingerprint density at radius 2 is 2.05 bits per heavy atom. The lowest BCUT2D eigenvalue weighted by Crippen LogP contribution is -2.30. The number of nitrogens with zero attached hydrogens (tertiary/aromatic N) is 1. The van der Waals surface area contributed by atoms with Crippen LogP contribution in [0.5, 0.6) is 5.75 Å². The number of likely N-dealkylation sites (N-methyl/N-ethyl adjacent to an activating group) is 1. The summed E-state index contributed by atoms with van der Waals surface area (Å²) in [5, 5.41) is 3.47. The standard InChI is InChI=1S/C16H28N2O/c1-13(2)11-17-8-9-18(4)12-15-7-6-14(3)16(10-15)19-5/h6-7,10,13,17H,8-9,11-12H2,1-5H3. The van der Waals surface area contributed by atoms with Crippen molar-refractivity contribution in [3.05, 3.63) is 29.3 Å². The number of hydrogen-bond acceptors (Lipinski definition) is 3. The predicted molar refractivity (Wildman–Crippen MR) is 81.8 cm³/mol. The first-order valence-electron chi connectivity index (χ1n) is 7.05. The van der Waals surface area contributed by atoms with Crippen LogP contribution in [0.25, 0.3) is 0 Å². The van der Waals surface area contributed by atoms with Gasteiger partial charge in [-0.2, -0.15) is 0 Å². The number of rotatable bonds is 8. The van der Waals surface area contributed by atoms with Gasteiger partial charge in [-0.05, 0) is 43.6 Å². The number of benzene rings is 1. The molecule has 1 aromatic rings. The molecule has 0 heterocycles. The molecule has 3 nitrogen and oxygen atoms in total. The van der Waals surface area contributed by atoms with E-state index in [1.165, 1.54) is 11.1 Å². The topological polar surface area (TPSA) is 24.5 Å². The quantitative estimate of drug-likeness (QED) is 0.731. The third-order valence-electron chi connectivity index (χ3n) is 3.15. The van der Waals surface area contributed by atoms with Crippen molar-refractivity contribution in [1.29, 1.82) is 0 Å². The summed E-state index contributed by atoms with van der Waals surface area (Å²) in [6, 6.07) is 6.43. The van der Waals surface area contributed by atoms with E-state index in [1.54, 1.807) is 7.11 Å². The first kappa shape index (κ1) is 16.0. The molecule has 19 heavy (non-hydrogen) atoms. The van der Waals surface area contributed by atoms with E-state index in [0.717, 1.165) is 31.9 Å². The molecule has 0 fully saturated rings. The molecule has 0 aliphatic heterocycles. The van der Waals surface area contributed by atoms with Gasteiger partial charge >= 0.3 is 0 Å². The lowest BCUT2D eigenvalue weighted by Gasteiger charge is -2.18. The zero-order valence-electron chi connectivity index (χ0n) is 13.0. The van der Waals surface area contributed by atoms with E-state index >= 15 is 0 Å². The molecule has 108 valence electrons. The van der Waals surface area contributed by atoms with E-state index in [4.69, 9.17) is 4.74 Å². The third-order valence-corrected chi connectivity index (χ3v) is 3.15. The highest BCUT2D eigenvalue weighted by atomic mass is 16.5. The van der Waals surface area contributed by atoms with Gasteiger partial charge in [0.2, 0.25) is 0 Å². The van der Waals surface area contributed by atoms with Crippen molar-refractivity contribution in [2.75, 3.05) is 33.8 Å². The average Bonchev–Trinajstić information content (AvgIpc) is 2.37. The normalized spacial score (nSPS) is 11.3. The molecule has 0 unspecified atom stereocenters. The Balaban J connectivity index is 2.37. The van der Waals surface area contributed by atoms with Crippen molar-refractivity contribution < 1.29 is 4.74 Å². The van der Waals surface area contributed by atoms with Crippen molar-refractivity contribution >= 4 is 0 Å². The van der Waals surface area contributed by atoms with Gasteiger partial charge in [-0.15, -0.1) is 0 Å². The van der Waals surface area contributed by atoms with Crippen molar-refractivity contribution in [2.24, 2.45) is 5.92 Å². The second kappa shape index (κ2) is 8.18. The van der Waals surface area contributed by atoms with Crippen molar-refractivity contribution in [1.82, 2.24) is 10.2 Å². The molecule has 1 N–H and O–H groups in total. The average molecular weight is 264 g/mol. The minimum Gasteiger partial charge on any atom is -0.496 e. The fourth-order valence-electron chi connectivity index (χ4n) is 2.01. The second-order valence-electron chi connectivity index (χ2n) is 5.64. The first-order valence-corrected chi connectivity index (χ1v) is 7.05. The molecule has 0 amide bonds. The van der Waals surface area contributed by atoms with Gasteiger partial charge in [0.25, 0.3) is 0 Å². The highest BCUT2D eigenvalue weighted by Crippen LogP contribution is 2.19. The SMILES string of the molecule is COc1cc(CN(C)CCNCC(C)C)ccc1C. The Morgan fingerprint density at radius 1 is 1.32 bits per heavy atom. The van der Waals surface area contributed by atoms with Gasteiger partial charge in [-0.3, -0.25) is 0 Å². The van der Waals surface area contributed by atoms with Crippen LogP contribution in [0.4, 0.5) is 0 Å². The number of ether oxygens (including phenoxy) is 1. The molecule has 0 saturated carbocycles. The zero-order valence-corrected chi connectivity index (χ0v) is 13.0. The van der Waals surface area contributed by atoms with Gasteiger partial charge in [-0.1, -0.05) is 26.0 Å². The minimum absolute atomic E-state index is 0.715. The summed E-state index contributed by atoms with van der Waals surface area (Å²) in [7, 11) is 3.88. The number of aryl methyl sites for hydroxylation is 1. The Labute approximate surface area is 118 Å². The van der Waals surface area contributed by atoms with Gasteiger partial charge in [0.1, 0.15) is 5.75 Å². The maximum Gasteiger partial charge on any atom is 0.122 e. The van der Waals surface area contributed by atoms with Gasteiger partial charge < -0.3 is 15.0 Å². The molecule has 0 saturated heterocycles. The van der Waals surface area contributed by atoms with Crippen LogP contribution in [0.3, 0.4) is 0 Å². The maximum atomic E-state index is 5.36. The molecule has 0 atom stereocenters. The van der Waals surface area contributed by atoms with Gasteiger partial charge in [-0.25, -0.2) is 0 Å². The van der Waals surface area contributed by atoms with Crippen LogP contribution in [0.1, 0.15) is 25.0 Å². The second-order valence-corrected chi connectivity index (χ2v) is 5.64. The van der Waals surface area contributed by atoms with Crippen LogP contribution in [0, 0.1) is 12.8 Å². The monoisotopic (exact) mass is 264 g/mol. The van der Waals surface area contributed by atoms with Crippen LogP contribution in [0.2, 0.25) is 0 Å². The van der Waals surface area contributed by atoms with E-state index in [1.807, 2.05) is 0 Å². The van der Waals surface area contributed by atoms with E-state index < -0.39 is 0 Å². The maximum absolute atomic E-state index is 5.36. The molecule has 0 bridgehead atoms. The smallest absolute Gasteiger partial charge is 0.122 e. The summed E-state index contributed by atoms with van der Waals surface area (Å²) < 4.78 is 5.36. The molecule has 1 aromatic carbocycles. The lowest BCUT2D eigenvalue weighted by molar-refractivity contribution is 0.320. The summed E-state index contributed by atoms with van der Waals surface area (Å²) in [5.41, 5.74) is 2.49. The van der Waals surface area contributed by atoms with Crippen LogP contribution in [0.15, 0.2) is 18.2 Å². The molecule has 0 aliphatic carbocycles. The largest absolute Gasteiger partial charge is 0.496 e. The fraction of sp³-hybridized carbons (Fsp3) is 0.625. The number of nitrogens with one attached hydrogen (secondary N) is 1. The Hall–Kier alpha value is -1.06. The van der Waals surface area contributed by atoms with Crippen LogP contribution in [-0.2, 0) is 6.54 Å². The summed E-state index contributed by atoms with van der Waals surface area (Å²) in [6.07, 6.45) is 0. The summed E-state index contributed by atoms with van der Waals surface area (Å²) in [4.78, 5) is 2.33. The summed E-state index contributed by atoms with van der Waals surface area (Å²) in [6.45, 7) is 10.7. The van der Waals surface area contributed by atoms with Crippen molar-refractivity contribution in [3.63, 3.8) is 0 Å². The molecule has 0 spiro atoms. The first-order chi connectivity index (χ1) is 9.02. The molecule has 0 aromatic heterocycles. The van der Waals surface area contributed by atoms with Crippen LogP contribution >= 0.6 is 0 Å². The molecule has 1 rings (SSSR count).